The highest BCUT2D eigenvalue weighted by atomic mass is 16.6. The molecule has 11 nitrogen and oxygen atoms in total. The standard InChI is InChI=1S/C25H32O11/c1-21(2)15(18(28)33-9)25(21)20(30)36-23(5,6)24(25,19(29)34-10)11-12-13(16(26)31-7)14(17(27)32-8)22(3,4)35-12/h11,15H,1-10H3/t15?,24-,25-/m0/s1. The number of carbonyl (C=O) groups is 5. The van der Waals surface area contributed by atoms with Gasteiger partial charge in [0.15, 0.2) is 0 Å². The maximum absolute atomic E-state index is 13.7. The molecule has 0 amide bonds. The van der Waals surface area contributed by atoms with E-state index in [-0.39, 0.29) is 16.9 Å². The number of rotatable bonds is 5. The Bertz CT molecular complexity index is 1120. The van der Waals surface area contributed by atoms with Crippen molar-refractivity contribution >= 4 is 29.8 Å². The molecule has 3 rings (SSSR count). The molecule has 3 aliphatic rings. The molecule has 0 aromatic carbocycles. The van der Waals surface area contributed by atoms with Crippen LogP contribution in [0.2, 0.25) is 0 Å². The molecule has 0 N–H and O–H groups in total. The van der Waals surface area contributed by atoms with Crippen LogP contribution in [0, 0.1) is 22.2 Å². The fourth-order valence-corrected chi connectivity index (χ4v) is 6.27. The summed E-state index contributed by atoms with van der Waals surface area (Å²) in [5.41, 5.74) is -8.24. The lowest BCUT2D eigenvalue weighted by molar-refractivity contribution is -0.162. The summed E-state index contributed by atoms with van der Waals surface area (Å²) in [6.45, 7) is 9.35. The zero-order valence-electron chi connectivity index (χ0n) is 22.1. The van der Waals surface area contributed by atoms with Gasteiger partial charge in [0.1, 0.15) is 33.4 Å². The van der Waals surface area contributed by atoms with Gasteiger partial charge in [0.25, 0.3) is 0 Å². The zero-order valence-corrected chi connectivity index (χ0v) is 22.1. The van der Waals surface area contributed by atoms with Crippen molar-refractivity contribution in [3.05, 3.63) is 23.0 Å². The Labute approximate surface area is 209 Å². The van der Waals surface area contributed by atoms with Gasteiger partial charge >= 0.3 is 29.8 Å². The monoisotopic (exact) mass is 508 g/mol. The summed E-state index contributed by atoms with van der Waals surface area (Å²) in [5.74, 6) is -5.48. The smallest absolute Gasteiger partial charge is 0.342 e. The van der Waals surface area contributed by atoms with Crippen molar-refractivity contribution < 1.29 is 52.4 Å². The Morgan fingerprint density at radius 2 is 1.36 bits per heavy atom. The topological polar surface area (TPSA) is 141 Å². The highest BCUT2D eigenvalue weighted by Gasteiger charge is 2.94. The molecule has 2 fully saturated rings. The Kier molecular flexibility index (Phi) is 6.10. The van der Waals surface area contributed by atoms with Crippen LogP contribution in [0.4, 0.5) is 0 Å². The molecule has 0 radical (unpaired) electrons. The van der Waals surface area contributed by atoms with Gasteiger partial charge in [-0.2, -0.15) is 0 Å². The van der Waals surface area contributed by atoms with E-state index < -0.39 is 63.2 Å². The first-order valence-electron chi connectivity index (χ1n) is 11.2. The normalized spacial score (nSPS) is 32.0. The van der Waals surface area contributed by atoms with Gasteiger partial charge in [-0.3, -0.25) is 14.4 Å². The molecular formula is C25H32O11. The fourth-order valence-electron chi connectivity index (χ4n) is 6.27. The van der Waals surface area contributed by atoms with Crippen LogP contribution in [0.1, 0.15) is 41.5 Å². The fraction of sp³-hybridized carbons (Fsp3) is 0.640. The highest BCUT2D eigenvalue weighted by Crippen LogP contribution is 2.82. The van der Waals surface area contributed by atoms with Crippen LogP contribution in [0.15, 0.2) is 23.0 Å². The van der Waals surface area contributed by atoms with Gasteiger partial charge in [-0.25, -0.2) is 9.59 Å². The first-order chi connectivity index (χ1) is 16.5. The van der Waals surface area contributed by atoms with Crippen LogP contribution in [-0.4, -0.2) is 69.5 Å². The average molecular weight is 509 g/mol. The number of cyclic esters (lactones) is 1. The zero-order chi connectivity index (χ0) is 27.6. The van der Waals surface area contributed by atoms with Gasteiger partial charge in [-0.15, -0.1) is 0 Å². The van der Waals surface area contributed by atoms with E-state index in [9.17, 15) is 24.0 Å². The third-order valence-electron chi connectivity index (χ3n) is 7.86. The molecule has 2 heterocycles. The number of methoxy groups -OCH3 is 4. The predicted octanol–water partition coefficient (Wildman–Crippen LogP) is 1.63. The van der Waals surface area contributed by atoms with E-state index in [4.69, 9.17) is 28.4 Å². The summed E-state index contributed by atoms with van der Waals surface area (Å²) < 4.78 is 31.7. The van der Waals surface area contributed by atoms with Crippen molar-refractivity contribution in [3.8, 4) is 0 Å². The average Bonchev–Trinajstić information content (AvgIpc) is 3.11. The van der Waals surface area contributed by atoms with Crippen LogP contribution in [-0.2, 0) is 52.4 Å². The SMILES string of the molecule is COC(=O)C1=C(C(=O)OC)C(C)(C)OC1=C[C@]1(C(=O)OC)C(C)(C)OC(=O)[C@]12C(C(=O)OC)C2(C)C. The molecule has 3 atom stereocenters. The summed E-state index contributed by atoms with van der Waals surface area (Å²) >= 11 is 0. The lowest BCUT2D eigenvalue weighted by atomic mass is 9.61. The first-order valence-corrected chi connectivity index (χ1v) is 11.2. The second kappa shape index (κ2) is 8.07. The Hall–Kier alpha value is -3.37. The molecule has 1 unspecified atom stereocenters. The Morgan fingerprint density at radius 3 is 1.83 bits per heavy atom. The largest absolute Gasteiger partial charge is 0.482 e. The van der Waals surface area contributed by atoms with Crippen molar-refractivity contribution in [1.29, 1.82) is 0 Å². The number of esters is 5. The van der Waals surface area contributed by atoms with Gasteiger partial charge < -0.3 is 28.4 Å². The maximum Gasteiger partial charge on any atom is 0.342 e. The van der Waals surface area contributed by atoms with Crippen LogP contribution < -0.4 is 0 Å². The van der Waals surface area contributed by atoms with E-state index in [0.29, 0.717) is 0 Å². The van der Waals surface area contributed by atoms with Crippen molar-refractivity contribution in [3.63, 3.8) is 0 Å². The molecule has 36 heavy (non-hydrogen) atoms. The van der Waals surface area contributed by atoms with Gasteiger partial charge in [0.05, 0.1) is 39.9 Å². The summed E-state index contributed by atoms with van der Waals surface area (Å²) in [7, 11) is 4.58. The summed E-state index contributed by atoms with van der Waals surface area (Å²) in [5, 5.41) is 0. The quantitative estimate of drug-likeness (QED) is 0.395. The lowest BCUT2D eigenvalue weighted by Crippen LogP contribution is -2.52. The number of carbonyl (C=O) groups excluding carboxylic acids is 5. The van der Waals surface area contributed by atoms with Gasteiger partial charge in [0.2, 0.25) is 0 Å². The molecule has 1 aliphatic carbocycles. The number of hydrogen-bond donors (Lipinski definition) is 0. The van der Waals surface area contributed by atoms with Crippen molar-refractivity contribution in [1.82, 2.24) is 0 Å². The molecule has 2 aliphatic heterocycles. The lowest BCUT2D eigenvalue weighted by Gasteiger charge is -2.38. The molecule has 0 bridgehead atoms. The van der Waals surface area contributed by atoms with Gasteiger partial charge in [-0.05, 0) is 39.2 Å². The number of ether oxygens (including phenoxy) is 6. The highest BCUT2D eigenvalue weighted by molar-refractivity contribution is 6.07. The van der Waals surface area contributed by atoms with E-state index >= 15 is 0 Å². The van der Waals surface area contributed by atoms with E-state index in [1.807, 2.05) is 0 Å². The first kappa shape index (κ1) is 27.2. The molecule has 0 aromatic heterocycles. The minimum Gasteiger partial charge on any atom is -0.482 e. The minimum atomic E-state index is -1.98. The third kappa shape index (κ3) is 3.00. The molecule has 1 spiro atoms. The molecule has 1 saturated heterocycles. The van der Waals surface area contributed by atoms with Crippen LogP contribution in [0.5, 0.6) is 0 Å². The Balaban J connectivity index is 2.47. The summed E-state index contributed by atoms with van der Waals surface area (Å²) in [6, 6.07) is 0. The van der Waals surface area contributed by atoms with E-state index in [0.717, 1.165) is 21.3 Å². The molecule has 0 aromatic rings. The minimum absolute atomic E-state index is 0.139. The third-order valence-corrected chi connectivity index (χ3v) is 7.86. The second-order valence-electron chi connectivity index (χ2n) is 10.5. The molecule has 11 heteroatoms. The van der Waals surface area contributed by atoms with Crippen molar-refractivity contribution in [2.45, 2.75) is 52.7 Å². The molecule has 1 saturated carbocycles. The van der Waals surface area contributed by atoms with Gasteiger partial charge in [-0.1, -0.05) is 13.8 Å². The van der Waals surface area contributed by atoms with E-state index in [1.165, 1.54) is 40.9 Å². The number of hydrogen-bond acceptors (Lipinski definition) is 11. The molecular weight excluding hydrogens is 476 g/mol. The summed E-state index contributed by atoms with van der Waals surface area (Å²) in [6.07, 6.45) is 1.25. The van der Waals surface area contributed by atoms with E-state index in [1.54, 1.807) is 13.8 Å². The van der Waals surface area contributed by atoms with E-state index in [2.05, 4.69) is 0 Å². The van der Waals surface area contributed by atoms with Crippen LogP contribution >= 0.6 is 0 Å². The van der Waals surface area contributed by atoms with Crippen molar-refractivity contribution in [2.75, 3.05) is 28.4 Å². The summed E-state index contributed by atoms with van der Waals surface area (Å²) in [4.78, 5) is 65.8. The Morgan fingerprint density at radius 1 is 0.806 bits per heavy atom. The second-order valence-corrected chi connectivity index (χ2v) is 10.5. The predicted molar refractivity (Wildman–Crippen MR) is 121 cm³/mol. The maximum atomic E-state index is 13.7. The van der Waals surface area contributed by atoms with Crippen LogP contribution in [0.25, 0.3) is 0 Å². The van der Waals surface area contributed by atoms with Crippen molar-refractivity contribution in [2.24, 2.45) is 22.2 Å². The van der Waals surface area contributed by atoms with Gasteiger partial charge in [0, 0.05) is 0 Å². The van der Waals surface area contributed by atoms with Crippen LogP contribution in [0.3, 0.4) is 0 Å². The molecule has 198 valence electrons.